The summed E-state index contributed by atoms with van der Waals surface area (Å²) in [4.78, 5) is 0. The number of ether oxygens (including phenoxy) is 2. The van der Waals surface area contributed by atoms with Gasteiger partial charge in [0.1, 0.15) is 17.2 Å². The fourth-order valence-corrected chi connectivity index (χ4v) is 2.22. The van der Waals surface area contributed by atoms with Gasteiger partial charge in [0.25, 0.3) is 0 Å². The third-order valence-electron chi connectivity index (χ3n) is 3.50. The third-order valence-corrected chi connectivity index (χ3v) is 3.50. The van der Waals surface area contributed by atoms with Gasteiger partial charge in [-0.15, -0.1) is 0 Å². The number of hydrogen-bond donors (Lipinski definition) is 2. The second kappa shape index (κ2) is 6.99. The molecule has 0 aliphatic carbocycles. The fraction of sp³-hybridized carbons (Fsp3) is 0.294. The second-order valence-corrected chi connectivity index (χ2v) is 4.84. The molecule has 1 atom stereocenters. The maximum Gasteiger partial charge on any atom is 0.127 e. The summed E-state index contributed by atoms with van der Waals surface area (Å²) < 4.78 is 10.6. The molecule has 2 aromatic rings. The van der Waals surface area contributed by atoms with Gasteiger partial charge < -0.3 is 19.9 Å². The molecular weight excluding hydrogens is 266 g/mol. The highest BCUT2D eigenvalue weighted by Crippen LogP contribution is 2.27. The number of hydrogen-bond acceptors (Lipinski definition) is 4. The zero-order valence-corrected chi connectivity index (χ0v) is 12.6. The Morgan fingerprint density at radius 3 is 2.52 bits per heavy atom. The summed E-state index contributed by atoms with van der Waals surface area (Å²) in [5.74, 6) is 1.86. The van der Waals surface area contributed by atoms with Gasteiger partial charge in [-0.1, -0.05) is 24.3 Å². The van der Waals surface area contributed by atoms with Crippen molar-refractivity contribution in [1.82, 2.24) is 5.32 Å². The van der Waals surface area contributed by atoms with Crippen molar-refractivity contribution in [2.45, 2.75) is 19.5 Å². The first-order chi connectivity index (χ1) is 10.2. The zero-order chi connectivity index (χ0) is 15.2. The molecule has 2 N–H and O–H groups in total. The number of aromatic hydroxyl groups is 1. The average molecular weight is 287 g/mol. The lowest BCUT2D eigenvalue weighted by molar-refractivity contribution is 0.388. The number of nitrogens with one attached hydrogen (secondary N) is 1. The molecule has 0 amide bonds. The summed E-state index contributed by atoms with van der Waals surface area (Å²) in [5.41, 5.74) is 1.92. The van der Waals surface area contributed by atoms with Crippen LogP contribution in [0.1, 0.15) is 24.1 Å². The monoisotopic (exact) mass is 287 g/mol. The molecule has 112 valence electrons. The van der Waals surface area contributed by atoms with E-state index in [9.17, 15) is 5.11 Å². The zero-order valence-electron chi connectivity index (χ0n) is 12.6. The summed E-state index contributed by atoms with van der Waals surface area (Å²) in [6.45, 7) is 2.66. The Bertz CT molecular complexity index is 598. The minimum Gasteiger partial charge on any atom is -0.508 e. The van der Waals surface area contributed by atoms with Gasteiger partial charge in [0.05, 0.1) is 14.2 Å². The van der Waals surface area contributed by atoms with Gasteiger partial charge in [-0.3, -0.25) is 0 Å². The van der Waals surface area contributed by atoms with Crippen LogP contribution in [0.25, 0.3) is 0 Å². The largest absolute Gasteiger partial charge is 0.508 e. The molecule has 2 aromatic carbocycles. The van der Waals surface area contributed by atoms with E-state index in [4.69, 9.17) is 9.47 Å². The molecule has 0 heterocycles. The van der Waals surface area contributed by atoms with Gasteiger partial charge in [0, 0.05) is 29.8 Å². The van der Waals surface area contributed by atoms with Crippen LogP contribution in [0.5, 0.6) is 17.2 Å². The van der Waals surface area contributed by atoms with Crippen LogP contribution in [-0.2, 0) is 6.54 Å². The Morgan fingerprint density at radius 2 is 1.86 bits per heavy atom. The lowest BCUT2D eigenvalue weighted by Crippen LogP contribution is -2.18. The van der Waals surface area contributed by atoms with E-state index in [0.29, 0.717) is 12.3 Å². The molecule has 4 nitrogen and oxygen atoms in total. The molecule has 1 unspecified atom stereocenters. The summed E-state index contributed by atoms with van der Waals surface area (Å²) in [6, 6.07) is 13.1. The lowest BCUT2D eigenvalue weighted by Gasteiger charge is -2.17. The highest BCUT2D eigenvalue weighted by Gasteiger charge is 2.11. The number of phenolic OH excluding ortho intramolecular Hbond substituents is 1. The van der Waals surface area contributed by atoms with Crippen LogP contribution in [0.4, 0.5) is 0 Å². The van der Waals surface area contributed by atoms with E-state index < -0.39 is 0 Å². The van der Waals surface area contributed by atoms with Crippen molar-refractivity contribution in [1.29, 1.82) is 0 Å². The first-order valence-corrected chi connectivity index (χ1v) is 6.88. The molecule has 0 bridgehead atoms. The quantitative estimate of drug-likeness (QED) is 0.856. The molecule has 0 radical (unpaired) electrons. The van der Waals surface area contributed by atoms with Crippen LogP contribution in [0.2, 0.25) is 0 Å². The number of phenols is 1. The molecule has 0 fully saturated rings. The molecule has 0 aliphatic heterocycles. The summed E-state index contributed by atoms with van der Waals surface area (Å²) >= 11 is 0. The average Bonchev–Trinajstić information content (AvgIpc) is 2.52. The SMILES string of the molecule is COc1ccc(CNC(C)c2ccccc2O)c(OC)c1. The maximum atomic E-state index is 9.87. The number of methoxy groups -OCH3 is 2. The van der Waals surface area contributed by atoms with Crippen LogP contribution in [0.15, 0.2) is 42.5 Å². The maximum absolute atomic E-state index is 9.87. The van der Waals surface area contributed by atoms with Gasteiger partial charge in [-0.25, -0.2) is 0 Å². The van der Waals surface area contributed by atoms with Crippen molar-refractivity contribution in [2.24, 2.45) is 0 Å². The van der Waals surface area contributed by atoms with Crippen LogP contribution < -0.4 is 14.8 Å². The number of rotatable bonds is 6. The van der Waals surface area contributed by atoms with Crippen molar-refractivity contribution in [3.05, 3.63) is 53.6 Å². The fourth-order valence-electron chi connectivity index (χ4n) is 2.22. The molecule has 0 aromatic heterocycles. The van der Waals surface area contributed by atoms with Gasteiger partial charge in [0.2, 0.25) is 0 Å². The van der Waals surface area contributed by atoms with Crippen molar-refractivity contribution < 1.29 is 14.6 Å². The summed E-state index contributed by atoms with van der Waals surface area (Å²) in [5, 5.41) is 13.3. The van der Waals surface area contributed by atoms with Crippen molar-refractivity contribution in [3.63, 3.8) is 0 Å². The molecule has 2 rings (SSSR count). The number of para-hydroxylation sites is 1. The van der Waals surface area contributed by atoms with Crippen molar-refractivity contribution in [2.75, 3.05) is 14.2 Å². The molecule has 4 heteroatoms. The molecule has 0 saturated carbocycles. The van der Waals surface area contributed by atoms with Crippen LogP contribution in [0.3, 0.4) is 0 Å². The van der Waals surface area contributed by atoms with Gasteiger partial charge in [0.15, 0.2) is 0 Å². The van der Waals surface area contributed by atoms with Crippen molar-refractivity contribution >= 4 is 0 Å². The first-order valence-electron chi connectivity index (χ1n) is 6.88. The molecule has 0 spiro atoms. The Hall–Kier alpha value is -2.20. The van der Waals surface area contributed by atoms with E-state index in [1.807, 2.05) is 43.3 Å². The summed E-state index contributed by atoms with van der Waals surface area (Å²) in [7, 11) is 3.28. The van der Waals surface area contributed by atoms with E-state index in [1.165, 1.54) is 0 Å². The Kier molecular flexibility index (Phi) is 5.06. The Balaban J connectivity index is 2.08. The van der Waals surface area contributed by atoms with E-state index in [2.05, 4.69) is 5.32 Å². The van der Waals surface area contributed by atoms with Crippen LogP contribution in [-0.4, -0.2) is 19.3 Å². The van der Waals surface area contributed by atoms with E-state index in [-0.39, 0.29) is 6.04 Å². The van der Waals surface area contributed by atoms with E-state index in [0.717, 1.165) is 22.6 Å². The minimum atomic E-state index is 0.0398. The topological polar surface area (TPSA) is 50.7 Å². The molecule has 0 aliphatic rings. The predicted octanol–water partition coefficient (Wildman–Crippen LogP) is 3.26. The van der Waals surface area contributed by atoms with Crippen LogP contribution >= 0.6 is 0 Å². The van der Waals surface area contributed by atoms with Gasteiger partial charge in [-0.05, 0) is 19.1 Å². The number of benzene rings is 2. The lowest BCUT2D eigenvalue weighted by atomic mass is 10.1. The van der Waals surface area contributed by atoms with E-state index in [1.54, 1.807) is 20.3 Å². The van der Waals surface area contributed by atoms with Gasteiger partial charge in [-0.2, -0.15) is 0 Å². The van der Waals surface area contributed by atoms with Crippen molar-refractivity contribution in [3.8, 4) is 17.2 Å². The smallest absolute Gasteiger partial charge is 0.127 e. The molecular formula is C17H21NO3. The molecule has 0 saturated heterocycles. The standard InChI is InChI=1S/C17H21NO3/c1-12(15-6-4-5-7-16(15)19)18-11-13-8-9-14(20-2)10-17(13)21-3/h4-10,12,18-19H,11H2,1-3H3. The third kappa shape index (κ3) is 3.67. The Labute approximate surface area is 125 Å². The van der Waals surface area contributed by atoms with E-state index >= 15 is 0 Å². The molecule has 21 heavy (non-hydrogen) atoms. The van der Waals surface area contributed by atoms with Crippen LogP contribution in [0, 0.1) is 0 Å². The highest BCUT2D eigenvalue weighted by atomic mass is 16.5. The Morgan fingerprint density at radius 1 is 1.10 bits per heavy atom. The predicted molar refractivity (Wildman–Crippen MR) is 82.9 cm³/mol. The first kappa shape index (κ1) is 15.2. The minimum absolute atomic E-state index is 0.0398. The summed E-state index contributed by atoms with van der Waals surface area (Å²) in [6.07, 6.45) is 0. The second-order valence-electron chi connectivity index (χ2n) is 4.84. The highest BCUT2D eigenvalue weighted by molar-refractivity contribution is 5.41. The van der Waals surface area contributed by atoms with Gasteiger partial charge >= 0.3 is 0 Å². The normalized spacial score (nSPS) is 12.0.